The Morgan fingerprint density at radius 2 is 1.72 bits per heavy atom. The first-order chi connectivity index (χ1) is 15.5. The molecular formula is C24H26ClN3O4. The molecule has 1 aliphatic rings. The number of carbonyl (C=O) groups excluding carboxylic acids is 2. The van der Waals surface area contributed by atoms with Crippen LogP contribution in [0.4, 0.5) is 11.4 Å². The van der Waals surface area contributed by atoms with Crippen LogP contribution in [-0.4, -0.2) is 36.1 Å². The molecule has 1 saturated carbocycles. The fourth-order valence-electron chi connectivity index (χ4n) is 4.10. The molecule has 1 heterocycles. The van der Waals surface area contributed by atoms with E-state index in [0.29, 0.717) is 40.0 Å². The molecular weight excluding hydrogens is 430 g/mol. The summed E-state index contributed by atoms with van der Waals surface area (Å²) in [5.74, 6) is -0.635. The number of fused-ring (bicyclic) bond motifs is 1. The second-order valence-electron chi connectivity index (χ2n) is 7.98. The number of rotatable bonds is 7. The van der Waals surface area contributed by atoms with E-state index in [1.807, 2.05) is 18.2 Å². The predicted octanol–water partition coefficient (Wildman–Crippen LogP) is 4.42. The molecule has 0 bridgehead atoms. The number of anilines is 2. The standard InChI is InChI=1S/C24H26ClN3O4/c25-16-7-11-18(12-8-16)27-24(31)22-21(19-3-1-2-4-20(19)32-22)28-23(30)15-5-9-17(10-6-15)26-13-14-29/h1-4,7-8,11-12,15,17,26,29H,5-6,9-10,13-14H2,(H,27,31)(H,28,30). The molecule has 4 rings (SSSR count). The molecule has 0 spiro atoms. The largest absolute Gasteiger partial charge is 0.449 e. The molecule has 8 heteroatoms. The average Bonchev–Trinajstić information content (AvgIpc) is 3.18. The summed E-state index contributed by atoms with van der Waals surface area (Å²) in [5.41, 5.74) is 1.49. The number of aliphatic hydroxyl groups excluding tert-OH is 1. The van der Waals surface area contributed by atoms with Gasteiger partial charge in [-0.05, 0) is 62.1 Å². The molecule has 2 amide bonds. The lowest BCUT2D eigenvalue weighted by atomic mass is 9.85. The fourth-order valence-corrected chi connectivity index (χ4v) is 4.23. The minimum atomic E-state index is -0.448. The minimum absolute atomic E-state index is 0.0628. The summed E-state index contributed by atoms with van der Waals surface area (Å²) in [6, 6.07) is 14.3. The topological polar surface area (TPSA) is 104 Å². The van der Waals surface area contributed by atoms with Crippen LogP contribution in [0.2, 0.25) is 5.02 Å². The number of furan rings is 1. The summed E-state index contributed by atoms with van der Waals surface area (Å²) in [6.45, 7) is 0.670. The lowest BCUT2D eigenvalue weighted by Gasteiger charge is -2.28. The third-order valence-corrected chi connectivity index (χ3v) is 6.05. The van der Waals surface area contributed by atoms with E-state index in [2.05, 4.69) is 16.0 Å². The zero-order valence-corrected chi connectivity index (χ0v) is 18.3. The van der Waals surface area contributed by atoms with Crippen molar-refractivity contribution in [2.24, 2.45) is 5.92 Å². The zero-order chi connectivity index (χ0) is 22.5. The second-order valence-corrected chi connectivity index (χ2v) is 8.42. The van der Waals surface area contributed by atoms with Gasteiger partial charge in [-0.1, -0.05) is 23.7 Å². The van der Waals surface area contributed by atoms with Gasteiger partial charge in [-0.3, -0.25) is 9.59 Å². The monoisotopic (exact) mass is 455 g/mol. The SMILES string of the molecule is O=C(Nc1ccc(Cl)cc1)c1oc2ccccc2c1NC(=O)C1CCC(NCCO)CC1. The number of para-hydroxylation sites is 1. The summed E-state index contributed by atoms with van der Waals surface area (Å²) in [6.07, 6.45) is 3.23. The van der Waals surface area contributed by atoms with Crippen LogP contribution < -0.4 is 16.0 Å². The number of hydrogen-bond donors (Lipinski definition) is 4. The van der Waals surface area contributed by atoms with Crippen molar-refractivity contribution in [2.75, 3.05) is 23.8 Å². The molecule has 0 aliphatic heterocycles. The first kappa shape index (κ1) is 22.3. The van der Waals surface area contributed by atoms with E-state index in [4.69, 9.17) is 21.1 Å². The van der Waals surface area contributed by atoms with Gasteiger partial charge in [0.15, 0.2) is 0 Å². The Hall–Kier alpha value is -2.87. The molecule has 1 fully saturated rings. The first-order valence-electron chi connectivity index (χ1n) is 10.8. The summed E-state index contributed by atoms with van der Waals surface area (Å²) >= 11 is 5.92. The van der Waals surface area contributed by atoms with Gasteiger partial charge in [0.25, 0.3) is 5.91 Å². The van der Waals surface area contributed by atoms with E-state index < -0.39 is 5.91 Å². The molecule has 1 aliphatic carbocycles. The third-order valence-electron chi connectivity index (χ3n) is 5.79. The van der Waals surface area contributed by atoms with Gasteiger partial charge in [-0.2, -0.15) is 0 Å². The van der Waals surface area contributed by atoms with Crippen LogP contribution in [0.3, 0.4) is 0 Å². The summed E-state index contributed by atoms with van der Waals surface area (Å²) in [5, 5.41) is 19.3. The zero-order valence-electron chi connectivity index (χ0n) is 17.6. The normalized spacial score (nSPS) is 18.4. The van der Waals surface area contributed by atoms with Crippen LogP contribution in [0.5, 0.6) is 0 Å². The van der Waals surface area contributed by atoms with E-state index in [1.165, 1.54) is 0 Å². The van der Waals surface area contributed by atoms with Crippen molar-refractivity contribution in [3.8, 4) is 0 Å². The van der Waals surface area contributed by atoms with Gasteiger partial charge in [0.2, 0.25) is 11.7 Å². The van der Waals surface area contributed by atoms with Gasteiger partial charge in [-0.25, -0.2) is 0 Å². The molecule has 2 aromatic carbocycles. The van der Waals surface area contributed by atoms with E-state index in [9.17, 15) is 9.59 Å². The molecule has 32 heavy (non-hydrogen) atoms. The van der Waals surface area contributed by atoms with Crippen LogP contribution >= 0.6 is 11.6 Å². The average molecular weight is 456 g/mol. The Labute approximate surface area is 191 Å². The predicted molar refractivity (Wildman–Crippen MR) is 125 cm³/mol. The van der Waals surface area contributed by atoms with Crippen molar-refractivity contribution in [2.45, 2.75) is 31.7 Å². The Morgan fingerprint density at radius 1 is 1.00 bits per heavy atom. The maximum absolute atomic E-state index is 13.0. The van der Waals surface area contributed by atoms with Gasteiger partial charge < -0.3 is 25.5 Å². The van der Waals surface area contributed by atoms with Gasteiger partial charge in [0.1, 0.15) is 11.3 Å². The smallest absolute Gasteiger partial charge is 0.293 e. The first-order valence-corrected chi connectivity index (χ1v) is 11.2. The van der Waals surface area contributed by atoms with Crippen molar-refractivity contribution in [1.82, 2.24) is 5.32 Å². The van der Waals surface area contributed by atoms with Crippen molar-refractivity contribution < 1.29 is 19.1 Å². The molecule has 0 radical (unpaired) electrons. The molecule has 168 valence electrons. The second kappa shape index (κ2) is 10.2. The van der Waals surface area contributed by atoms with E-state index >= 15 is 0 Å². The third kappa shape index (κ3) is 5.12. The molecule has 0 saturated heterocycles. The lowest BCUT2D eigenvalue weighted by Crippen LogP contribution is -2.37. The van der Waals surface area contributed by atoms with Gasteiger partial charge in [0.05, 0.1) is 6.61 Å². The minimum Gasteiger partial charge on any atom is -0.449 e. The Morgan fingerprint density at radius 3 is 2.44 bits per heavy atom. The highest BCUT2D eigenvalue weighted by Crippen LogP contribution is 2.33. The number of halogens is 1. The van der Waals surface area contributed by atoms with E-state index in [1.54, 1.807) is 30.3 Å². The van der Waals surface area contributed by atoms with Crippen molar-refractivity contribution in [3.05, 3.63) is 59.3 Å². The summed E-state index contributed by atoms with van der Waals surface area (Å²) < 4.78 is 5.82. The van der Waals surface area contributed by atoms with Crippen LogP contribution in [0.1, 0.15) is 36.2 Å². The van der Waals surface area contributed by atoms with Gasteiger partial charge in [-0.15, -0.1) is 0 Å². The maximum Gasteiger partial charge on any atom is 0.293 e. The fraction of sp³-hybridized carbons (Fsp3) is 0.333. The number of amides is 2. The molecule has 1 aromatic heterocycles. The highest BCUT2D eigenvalue weighted by atomic mass is 35.5. The highest BCUT2D eigenvalue weighted by molar-refractivity contribution is 6.30. The van der Waals surface area contributed by atoms with Crippen LogP contribution in [-0.2, 0) is 4.79 Å². The number of hydrogen-bond acceptors (Lipinski definition) is 5. The van der Waals surface area contributed by atoms with Crippen LogP contribution in [0.15, 0.2) is 52.9 Å². The number of benzene rings is 2. The molecule has 7 nitrogen and oxygen atoms in total. The molecule has 3 aromatic rings. The number of nitrogens with one attached hydrogen (secondary N) is 3. The molecule has 0 unspecified atom stereocenters. The van der Waals surface area contributed by atoms with E-state index in [0.717, 1.165) is 25.7 Å². The van der Waals surface area contributed by atoms with Gasteiger partial charge in [0, 0.05) is 34.6 Å². The number of aliphatic hydroxyl groups is 1. The Kier molecular flexibility index (Phi) is 7.09. The van der Waals surface area contributed by atoms with Crippen LogP contribution in [0, 0.1) is 5.92 Å². The summed E-state index contributed by atoms with van der Waals surface area (Å²) in [7, 11) is 0. The molecule has 0 atom stereocenters. The molecule has 4 N–H and O–H groups in total. The van der Waals surface area contributed by atoms with Crippen molar-refractivity contribution in [1.29, 1.82) is 0 Å². The quantitative estimate of drug-likeness (QED) is 0.422. The highest BCUT2D eigenvalue weighted by Gasteiger charge is 2.29. The number of carbonyl (C=O) groups is 2. The van der Waals surface area contributed by atoms with Crippen molar-refractivity contribution in [3.63, 3.8) is 0 Å². The Balaban J connectivity index is 1.51. The van der Waals surface area contributed by atoms with E-state index in [-0.39, 0.29) is 24.2 Å². The van der Waals surface area contributed by atoms with Gasteiger partial charge >= 0.3 is 0 Å². The Bertz CT molecular complexity index is 1090. The summed E-state index contributed by atoms with van der Waals surface area (Å²) in [4.78, 5) is 26.0. The maximum atomic E-state index is 13.0. The van der Waals surface area contributed by atoms with Crippen LogP contribution in [0.25, 0.3) is 11.0 Å². The van der Waals surface area contributed by atoms with Crippen molar-refractivity contribution >= 4 is 45.8 Å². The lowest BCUT2D eigenvalue weighted by molar-refractivity contribution is -0.120.